The SMILES string of the molecule is COCCCN1CCC(c2cnc(-c3ccc4c5c(n(C(C)C)nc35)OC(=O)/C=C/C(=O)O4)[nH]2)CC1. The van der Waals surface area contributed by atoms with E-state index >= 15 is 0 Å². The third-order valence-electron chi connectivity index (χ3n) is 6.72. The van der Waals surface area contributed by atoms with E-state index in [4.69, 9.17) is 19.3 Å². The summed E-state index contributed by atoms with van der Waals surface area (Å²) in [6, 6.07) is 3.43. The molecule has 2 aromatic heterocycles. The normalized spacial score (nSPS) is 18.1. The van der Waals surface area contributed by atoms with Crippen molar-refractivity contribution in [1.82, 2.24) is 24.6 Å². The molecular weight excluding hydrogens is 462 g/mol. The molecule has 2 aliphatic rings. The number of ether oxygens (including phenoxy) is 3. The first-order chi connectivity index (χ1) is 17.4. The minimum atomic E-state index is -0.664. The molecule has 0 saturated carbocycles. The number of hydrogen-bond acceptors (Lipinski definition) is 8. The van der Waals surface area contributed by atoms with Crippen LogP contribution < -0.4 is 9.47 Å². The number of nitrogens with one attached hydrogen (secondary N) is 1. The summed E-state index contributed by atoms with van der Waals surface area (Å²) in [5.41, 5.74) is 2.40. The number of H-pyrrole nitrogens is 1. The number of carbonyl (C=O) groups excluding carboxylic acids is 2. The van der Waals surface area contributed by atoms with Crippen molar-refractivity contribution >= 4 is 22.8 Å². The highest BCUT2D eigenvalue weighted by atomic mass is 16.6. The fourth-order valence-electron chi connectivity index (χ4n) is 4.86. The molecule has 0 spiro atoms. The van der Waals surface area contributed by atoms with Crippen molar-refractivity contribution < 1.29 is 23.8 Å². The zero-order chi connectivity index (χ0) is 25.2. The van der Waals surface area contributed by atoms with E-state index < -0.39 is 11.9 Å². The van der Waals surface area contributed by atoms with Crippen LogP contribution in [0.25, 0.3) is 22.3 Å². The smallest absolute Gasteiger partial charge is 0.337 e. The van der Waals surface area contributed by atoms with Gasteiger partial charge in [-0.25, -0.2) is 19.3 Å². The summed E-state index contributed by atoms with van der Waals surface area (Å²) < 4.78 is 17.9. The number of esters is 2. The third-order valence-corrected chi connectivity index (χ3v) is 6.72. The molecule has 190 valence electrons. The van der Waals surface area contributed by atoms with Gasteiger partial charge in [0, 0.05) is 55.8 Å². The average molecular weight is 494 g/mol. The van der Waals surface area contributed by atoms with E-state index in [1.807, 2.05) is 26.1 Å². The number of piperidine rings is 1. The Morgan fingerprint density at radius 2 is 1.89 bits per heavy atom. The second-order valence-electron chi connectivity index (χ2n) is 9.50. The lowest BCUT2D eigenvalue weighted by atomic mass is 9.94. The standard InChI is InChI=1S/C26H31N5O5/c1-16(2)31-26-23-20(35-21(32)7-8-22(33)36-26)6-5-18(24(23)29-31)25-27-15-19(28-25)17-9-12-30(13-10-17)11-4-14-34-3/h5-8,15-17H,4,9-14H2,1-3H3,(H,27,28)/b8-7+. The van der Waals surface area contributed by atoms with Gasteiger partial charge in [-0.05, 0) is 58.3 Å². The quantitative estimate of drug-likeness (QED) is 0.302. The maximum atomic E-state index is 12.3. The first-order valence-electron chi connectivity index (χ1n) is 12.4. The third kappa shape index (κ3) is 4.78. The van der Waals surface area contributed by atoms with Crippen LogP contribution in [0.15, 0.2) is 30.5 Å². The molecule has 1 N–H and O–H groups in total. The minimum absolute atomic E-state index is 0.0948. The Morgan fingerprint density at radius 3 is 2.61 bits per heavy atom. The maximum Gasteiger partial charge on any atom is 0.337 e. The van der Waals surface area contributed by atoms with Gasteiger partial charge in [-0.3, -0.25) is 0 Å². The van der Waals surface area contributed by atoms with E-state index in [9.17, 15) is 9.59 Å². The topological polar surface area (TPSA) is 112 Å². The number of likely N-dealkylation sites (tertiary alicyclic amines) is 1. The predicted octanol–water partition coefficient (Wildman–Crippen LogP) is 3.60. The first-order valence-corrected chi connectivity index (χ1v) is 12.4. The second-order valence-corrected chi connectivity index (χ2v) is 9.50. The predicted molar refractivity (Wildman–Crippen MR) is 133 cm³/mol. The summed E-state index contributed by atoms with van der Waals surface area (Å²) in [6.45, 7) is 7.83. The number of imidazole rings is 1. The van der Waals surface area contributed by atoms with Crippen LogP contribution in [0.1, 0.15) is 50.8 Å². The molecule has 1 aromatic carbocycles. The van der Waals surface area contributed by atoms with Crippen LogP contribution in [-0.4, -0.2) is 69.9 Å². The molecule has 0 bridgehead atoms. The molecule has 0 amide bonds. The van der Waals surface area contributed by atoms with Crippen molar-refractivity contribution in [1.29, 1.82) is 0 Å². The molecule has 36 heavy (non-hydrogen) atoms. The van der Waals surface area contributed by atoms with Crippen LogP contribution in [0, 0.1) is 0 Å². The number of benzene rings is 1. The van der Waals surface area contributed by atoms with Crippen LogP contribution in [0.5, 0.6) is 11.6 Å². The van der Waals surface area contributed by atoms with Gasteiger partial charge in [-0.15, -0.1) is 0 Å². The monoisotopic (exact) mass is 493 g/mol. The Hall–Kier alpha value is -3.50. The highest BCUT2D eigenvalue weighted by Gasteiger charge is 2.27. The number of nitrogens with zero attached hydrogens (tertiary/aromatic N) is 4. The molecule has 10 heteroatoms. The molecule has 2 aliphatic heterocycles. The van der Waals surface area contributed by atoms with Crippen molar-refractivity contribution in [2.45, 2.75) is 45.1 Å². The summed E-state index contributed by atoms with van der Waals surface area (Å²) in [7, 11) is 1.74. The molecule has 0 radical (unpaired) electrons. The fraction of sp³-hybridized carbons (Fsp3) is 0.462. The lowest BCUT2D eigenvalue weighted by Gasteiger charge is -2.31. The van der Waals surface area contributed by atoms with Crippen molar-refractivity contribution in [2.24, 2.45) is 0 Å². The summed E-state index contributed by atoms with van der Waals surface area (Å²) in [6.07, 6.45) is 7.19. The van der Waals surface area contributed by atoms with Crippen molar-refractivity contribution in [3.8, 4) is 23.0 Å². The molecule has 4 heterocycles. The van der Waals surface area contributed by atoms with Crippen LogP contribution in [-0.2, 0) is 14.3 Å². The van der Waals surface area contributed by atoms with Crippen LogP contribution in [0.3, 0.4) is 0 Å². The van der Waals surface area contributed by atoms with E-state index in [0.717, 1.165) is 68.9 Å². The van der Waals surface area contributed by atoms with Crippen LogP contribution in [0.4, 0.5) is 0 Å². The molecule has 5 rings (SSSR count). The van der Waals surface area contributed by atoms with Gasteiger partial charge in [0.25, 0.3) is 0 Å². The van der Waals surface area contributed by atoms with Gasteiger partial charge >= 0.3 is 11.9 Å². The van der Waals surface area contributed by atoms with Gasteiger partial charge < -0.3 is 24.1 Å². The zero-order valence-corrected chi connectivity index (χ0v) is 20.8. The number of methoxy groups -OCH3 is 1. The van der Waals surface area contributed by atoms with E-state index in [1.165, 1.54) is 0 Å². The van der Waals surface area contributed by atoms with E-state index in [2.05, 4.69) is 14.9 Å². The van der Waals surface area contributed by atoms with Gasteiger partial charge in [0.2, 0.25) is 5.88 Å². The number of aromatic amines is 1. The Labute approximate surface area is 209 Å². The fourth-order valence-corrected chi connectivity index (χ4v) is 4.86. The van der Waals surface area contributed by atoms with E-state index in [0.29, 0.717) is 22.6 Å². The molecule has 0 unspecified atom stereocenters. The number of hydrogen-bond donors (Lipinski definition) is 1. The maximum absolute atomic E-state index is 12.3. The number of rotatable bonds is 7. The molecule has 0 aliphatic carbocycles. The summed E-state index contributed by atoms with van der Waals surface area (Å²) >= 11 is 0. The Bertz CT molecular complexity index is 1300. The van der Waals surface area contributed by atoms with Gasteiger partial charge in [-0.1, -0.05) is 0 Å². The van der Waals surface area contributed by atoms with Crippen LogP contribution >= 0.6 is 0 Å². The second kappa shape index (κ2) is 10.2. The summed E-state index contributed by atoms with van der Waals surface area (Å²) in [4.78, 5) is 35.1. The Kier molecular flexibility index (Phi) is 6.88. The van der Waals surface area contributed by atoms with Crippen molar-refractivity contribution in [2.75, 3.05) is 33.4 Å². The molecular formula is C26H31N5O5. The zero-order valence-electron chi connectivity index (χ0n) is 20.8. The molecule has 0 atom stereocenters. The minimum Gasteiger partial charge on any atom is -0.422 e. The first kappa shape index (κ1) is 24.2. The molecule has 10 nitrogen and oxygen atoms in total. The highest BCUT2D eigenvalue weighted by Crippen LogP contribution is 2.41. The van der Waals surface area contributed by atoms with E-state index in [-0.39, 0.29) is 17.7 Å². The number of carbonyl (C=O) groups is 2. The van der Waals surface area contributed by atoms with Gasteiger partial charge in [-0.2, -0.15) is 5.10 Å². The van der Waals surface area contributed by atoms with Gasteiger partial charge in [0.1, 0.15) is 22.5 Å². The van der Waals surface area contributed by atoms with E-state index in [1.54, 1.807) is 17.9 Å². The van der Waals surface area contributed by atoms with Gasteiger partial charge in [0.15, 0.2) is 0 Å². The summed E-state index contributed by atoms with van der Waals surface area (Å²) in [5.74, 6) is 0.296. The lowest BCUT2D eigenvalue weighted by molar-refractivity contribution is -0.131. The highest BCUT2D eigenvalue weighted by molar-refractivity contribution is 6.04. The van der Waals surface area contributed by atoms with Crippen molar-refractivity contribution in [3.63, 3.8) is 0 Å². The lowest BCUT2D eigenvalue weighted by Crippen LogP contribution is -2.34. The molecule has 1 fully saturated rings. The summed E-state index contributed by atoms with van der Waals surface area (Å²) in [5, 5.41) is 5.21. The Morgan fingerprint density at radius 1 is 1.14 bits per heavy atom. The van der Waals surface area contributed by atoms with Crippen LogP contribution in [0.2, 0.25) is 0 Å². The average Bonchev–Trinajstić information content (AvgIpc) is 3.50. The Balaban J connectivity index is 1.46. The molecule has 3 aromatic rings. The van der Waals surface area contributed by atoms with Crippen molar-refractivity contribution in [3.05, 3.63) is 36.2 Å². The van der Waals surface area contributed by atoms with Gasteiger partial charge in [0.05, 0.1) is 6.04 Å². The molecule has 1 saturated heterocycles. The largest absolute Gasteiger partial charge is 0.422 e. The number of aromatic nitrogens is 4.